The van der Waals surface area contributed by atoms with Crippen molar-refractivity contribution in [1.82, 2.24) is 0 Å². The summed E-state index contributed by atoms with van der Waals surface area (Å²) in [6.07, 6.45) is 0. The molecule has 3 N–H and O–H groups in total. The van der Waals surface area contributed by atoms with Crippen LogP contribution in [0, 0.1) is 5.92 Å². The van der Waals surface area contributed by atoms with Crippen LogP contribution >= 0.6 is 0 Å². The molecule has 4 atom stereocenters. The van der Waals surface area contributed by atoms with Crippen molar-refractivity contribution >= 4 is 22.1 Å². The lowest BCUT2D eigenvalue weighted by Crippen LogP contribution is -2.59. The van der Waals surface area contributed by atoms with Crippen LogP contribution in [0.4, 0.5) is 0 Å². The summed E-state index contributed by atoms with van der Waals surface area (Å²) in [5.74, 6) is -7.84. The average Bonchev–Trinajstić information content (AvgIpc) is 2.64. The molecule has 8 heteroatoms. The maximum absolute atomic E-state index is 12.5. The number of benzene rings is 2. The third-order valence-electron chi connectivity index (χ3n) is 5.26. The highest BCUT2D eigenvalue weighted by Crippen LogP contribution is 2.46. The first-order chi connectivity index (χ1) is 13.0. The zero-order chi connectivity index (χ0) is 21.1. The normalized spacial score (nSPS) is 17.1. The molecule has 2 rings (SSSR count). The van der Waals surface area contributed by atoms with E-state index in [1.165, 1.54) is 26.0 Å². The van der Waals surface area contributed by atoms with Crippen LogP contribution in [0.15, 0.2) is 60.7 Å². The smallest absolute Gasteiger partial charge is 0.329 e. The predicted molar refractivity (Wildman–Crippen MR) is 103 cm³/mol. The van der Waals surface area contributed by atoms with Crippen LogP contribution in [0.25, 0.3) is 0 Å². The Morgan fingerprint density at radius 3 is 1.64 bits per heavy atom. The molecular formula is C20H22O7S. The van der Waals surface area contributed by atoms with Gasteiger partial charge < -0.3 is 10.2 Å². The molecule has 150 valence electrons. The highest BCUT2D eigenvalue weighted by molar-refractivity contribution is 7.88. The molecule has 0 bridgehead atoms. The molecule has 0 aliphatic carbocycles. The van der Waals surface area contributed by atoms with E-state index in [9.17, 15) is 32.8 Å². The summed E-state index contributed by atoms with van der Waals surface area (Å²) in [5, 5.41) is 19.9. The fraction of sp³-hybridized carbons (Fsp3) is 0.300. The molecule has 28 heavy (non-hydrogen) atoms. The van der Waals surface area contributed by atoms with Crippen LogP contribution in [0.2, 0.25) is 0 Å². The van der Waals surface area contributed by atoms with E-state index in [1.54, 1.807) is 48.5 Å². The predicted octanol–water partition coefficient (Wildman–Crippen LogP) is 3.01. The van der Waals surface area contributed by atoms with Crippen molar-refractivity contribution in [3.05, 3.63) is 71.8 Å². The Bertz CT molecular complexity index is 941. The second-order valence-corrected chi connectivity index (χ2v) is 8.35. The van der Waals surface area contributed by atoms with Gasteiger partial charge in [0.15, 0.2) is 0 Å². The zero-order valence-electron chi connectivity index (χ0n) is 15.4. The maximum Gasteiger partial charge on any atom is 0.329 e. The van der Waals surface area contributed by atoms with E-state index in [2.05, 4.69) is 0 Å². The third kappa shape index (κ3) is 3.65. The molecule has 0 radical (unpaired) electrons. The van der Waals surface area contributed by atoms with Crippen molar-refractivity contribution in [1.29, 1.82) is 0 Å². The number of carbonyl (C=O) groups is 2. The van der Waals surface area contributed by atoms with Gasteiger partial charge in [0.25, 0.3) is 10.1 Å². The molecule has 7 nitrogen and oxygen atoms in total. The second kappa shape index (κ2) is 8.12. The first-order valence-electron chi connectivity index (χ1n) is 8.58. The molecule has 0 aromatic heterocycles. The first kappa shape index (κ1) is 21.6. The van der Waals surface area contributed by atoms with Gasteiger partial charge in [-0.05, 0) is 17.0 Å². The van der Waals surface area contributed by atoms with Gasteiger partial charge in [-0.15, -0.1) is 0 Å². The molecule has 0 saturated heterocycles. The van der Waals surface area contributed by atoms with Crippen molar-refractivity contribution in [3.8, 4) is 0 Å². The number of hydrogen-bond donors (Lipinski definition) is 3. The number of carboxylic acids is 2. The van der Waals surface area contributed by atoms with Crippen LogP contribution in [0.1, 0.15) is 36.8 Å². The molecule has 0 aliphatic heterocycles. The quantitative estimate of drug-likeness (QED) is 0.575. The molecule has 0 saturated carbocycles. The molecule has 0 heterocycles. The molecule has 0 fully saturated rings. The maximum atomic E-state index is 12.5. The van der Waals surface area contributed by atoms with Gasteiger partial charge >= 0.3 is 11.9 Å². The van der Waals surface area contributed by atoms with E-state index >= 15 is 0 Å². The highest BCUT2D eigenvalue weighted by Gasteiger charge is 2.64. The Morgan fingerprint density at radius 2 is 1.29 bits per heavy atom. The van der Waals surface area contributed by atoms with E-state index in [0.717, 1.165) is 0 Å². The Labute approximate surface area is 163 Å². The van der Waals surface area contributed by atoms with Crippen LogP contribution in [-0.2, 0) is 19.7 Å². The average molecular weight is 406 g/mol. The van der Waals surface area contributed by atoms with Crippen molar-refractivity contribution in [2.45, 2.75) is 30.4 Å². The topological polar surface area (TPSA) is 129 Å². The minimum atomic E-state index is -5.35. The Kier molecular flexibility index (Phi) is 6.26. The number of hydrogen-bond acceptors (Lipinski definition) is 4. The lowest BCUT2D eigenvalue weighted by atomic mass is 9.71. The summed E-state index contributed by atoms with van der Waals surface area (Å²) in [6, 6.07) is 16.0. The molecule has 0 aliphatic rings. The number of aliphatic carboxylic acids is 2. The second-order valence-electron chi connectivity index (χ2n) is 6.72. The Hall–Kier alpha value is -2.71. The minimum Gasteiger partial charge on any atom is -0.481 e. The molecule has 0 spiro atoms. The van der Waals surface area contributed by atoms with Gasteiger partial charge in [0.2, 0.25) is 4.75 Å². The zero-order valence-corrected chi connectivity index (χ0v) is 16.2. The lowest BCUT2D eigenvalue weighted by molar-refractivity contribution is -0.153. The van der Waals surface area contributed by atoms with Crippen molar-refractivity contribution in [2.24, 2.45) is 5.92 Å². The third-order valence-corrected chi connectivity index (χ3v) is 6.89. The summed E-state index contributed by atoms with van der Waals surface area (Å²) in [6.45, 7) is 2.74. The van der Waals surface area contributed by atoms with Crippen LogP contribution < -0.4 is 0 Å². The van der Waals surface area contributed by atoms with Crippen LogP contribution in [-0.4, -0.2) is 39.9 Å². The molecular weight excluding hydrogens is 384 g/mol. The van der Waals surface area contributed by atoms with E-state index in [4.69, 9.17) is 0 Å². The first-order valence-corrected chi connectivity index (χ1v) is 10.0. The van der Waals surface area contributed by atoms with Gasteiger partial charge in [0, 0.05) is 5.92 Å². The standard InChI is InChI=1S/C20H22O7S/c1-13(15-9-5-3-6-10-15)17(18(21)22)20(19(23)24,28(25,26)27)14(2)16-11-7-4-8-12-16/h3-14,17H,1-2H3,(H,21,22)(H,23,24)(H,25,26,27). The van der Waals surface area contributed by atoms with Gasteiger partial charge in [-0.25, -0.2) is 0 Å². The summed E-state index contributed by atoms with van der Waals surface area (Å²) in [5.41, 5.74) is 0.735. The fourth-order valence-electron chi connectivity index (χ4n) is 3.79. The largest absolute Gasteiger partial charge is 0.481 e. The van der Waals surface area contributed by atoms with Gasteiger partial charge in [-0.2, -0.15) is 8.42 Å². The van der Waals surface area contributed by atoms with Crippen molar-refractivity contribution in [2.75, 3.05) is 0 Å². The minimum absolute atomic E-state index is 0.286. The number of carboxylic acid groups (broad SMARTS) is 2. The van der Waals surface area contributed by atoms with Crippen LogP contribution in [0.5, 0.6) is 0 Å². The monoisotopic (exact) mass is 406 g/mol. The van der Waals surface area contributed by atoms with Gasteiger partial charge in [0.05, 0.1) is 5.92 Å². The molecule has 2 aromatic rings. The van der Waals surface area contributed by atoms with Gasteiger partial charge in [-0.1, -0.05) is 74.5 Å². The summed E-state index contributed by atoms with van der Waals surface area (Å²) in [7, 11) is -5.35. The van der Waals surface area contributed by atoms with E-state index < -0.39 is 44.6 Å². The fourth-order valence-corrected chi connectivity index (χ4v) is 5.22. The highest BCUT2D eigenvalue weighted by atomic mass is 32.2. The van der Waals surface area contributed by atoms with Gasteiger partial charge in [-0.3, -0.25) is 14.1 Å². The van der Waals surface area contributed by atoms with Gasteiger partial charge in [0.1, 0.15) is 0 Å². The van der Waals surface area contributed by atoms with E-state index in [-0.39, 0.29) is 5.56 Å². The van der Waals surface area contributed by atoms with Crippen molar-refractivity contribution in [3.63, 3.8) is 0 Å². The summed E-state index contributed by atoms with van der Waals surface area (Å²) < 4.78 is 32.1. The Balaban J connectivity index is 2.81. The summed E-state index contributed by atoms with van der Waals surface area (Å²) in [4.78, 5) is 24.6. The Morgan fingerprint density at radius 1 is 0.857 bits per heavy atom. The molecule has 2 aromatic carbocycles. The molecule has 4 unspecified atom stereocenters. The SMILES string of the molecule is CC(c1ccccc1)C(C(=O)O)C(C(=O)O)(C(C)c1ccccc1)S(=O)(=O)O. The molecule has 0 amide bonds. The lowest BCUT2D eigenvalue weighted by Gasteiger charge is -2.39. The summed E-state index contributed by atoms with van der Waals surface area (Å²) >= 11 is 0. The number of rotatable bonds is 8. The van der Waals surface area contributed by atoms with Crippen molar-refractivity contribution < 1.29 is 32.8 Å². The van der Waals surface area contributed by atoms with E-state index in [1.807, 2.05) is 0 Å². The van der Waals surface area contributed by atoms with E-state index in [0.29, 0.717) is 5.56 Å². The van der Waals surface area contributed by atoms with Crippen LogP contribution in [0.3, 0.4) is 0 Å².